The average Bonchev–Trinajstić information content (AvgIpc) is 2.99. The van der Waals surface area contributed by atoms with Crippen LogP contribution in [0, 0.1) is 0 Å². The van der Waals surface area contributed by atoms with Gasteiger partial charge in [-0.1, -0.05) is 24.8 Å². The van der Waals surface area contributed by atoms with Crippen LogP contribution in [0.3, 0.4) is 0 Å². The summed E-state index contributed by atoms with van der Waals surface area (Å²) in [4.78, 5) is 16.1. The van der Waals surface area contributed by atoms with E-state index in [4.69, 9.17) is 5.11 Å². The van der Waals surface area contributed by atoms with Gasteiger partial charge < -0.3 is 9.67 Å². The standard InChI is InChI=1S/C12H14N2O2S2/c1-2-9(10-4-3-7-17-10)14-6-5-13-12(14)18-8-11(15)16/h3-7,9H,2,8H2,1H3,(H,15,16). The normalized spacial score (nSPS) is 12.5. The molecule has 0 amide bonds. The number of nitrogens with zero attached hydrogens (tertiary/aromatic N) is 2. The quantitative estimate of drug-likeness (QED) is 0.827. The lowest BCUT2D eigenvalue weighted by molar-refractivity contribution is -0.133. The molecule has 0 saturated heterocycles. The van der Waals surface area contributed by atoms with Gasteiger partial charge >= 0.3 is 5.97 Å². The summed E-state index contributed by atoms with van der Waals surface area (Å²) < 4.78 is 2.06. The minimum atomic E-state index is -0.821. The maximum Gasteiger partial charge on any atom is 0.313 e. The molecule has 2 heterocycles. The van der Waals surface area contributed by atoms with Crippen molar-refractivity contribution in [3.63, 3.8) is 0 Å². The summed E-state index contributed by atoms with van der Waals surface area (Å²) in [5, 5.41) is 11.5. The lowest BCUT2D eigenvalue weighted by Crippen LogP contribution is -2.09. The van der Waals surface area contributed by atoms with Crippen LogP contribution in [0.5, 0.6) is 0 Å². The molecule has 1 unspecified atom stereocenters. The Labute approximate surface area is 114 Å². The van der Waals surface area contributed by atoms with Crippen LogP contribution in [0.2, 0.25) is 0 Å². The largest absolute Gasteiger partial charge is 0.481 e. The zero-order valence-electron chi connectivity index (χ0n) is 9.94. The number of carboxylic acid groups (broad SMARTS) is 1. The number of aliphatic carboxylic acids is 1. The van der Waals surface area contributed by atoms with E-state index in [0.29, 0.717) is 0 Å². The monoisotopic (exact) mass is 282 g/mol. The molecule has 96 valence electrons. The molecule has 0 fully saturated rings. The number of imidazole rings is 1. The Morgan fingerprint density at radius 1 is 1.67 bits per heavy atom. The van der Waals surface area contributed by atoms with Gasteiger partial charge in [0, 0.05) is 17.3 Å². The van der Waals surface area contributed by atoms with Gasteiger partial charge in [-0.3, -0.25) is 4.79 Å². The topological polar surface area (TPSA) is 55.1 Å². The summed E-state index contributed by atoms with van der Waals surface area (Å²) in [5.74, 6) is -0.781. The van der Waals surface area contributed by atoms with Crippen molar-refractivity contribution < 1.29 is 9.90 Å². The van der Waals surface area contributed by atoms with Crippen molar-refractivity contribution in [3.05, 3.63) is 34.8 Å². The van der Waals surface area contributed by atoms with Gasteiger partial charge in [-0.25, -0.2) is 4.98 Å². The highest BCUT2D eigenvalue weighted by Gasteiger charge is 2.16. The summed E-state index contributed by atoms with van der Waals surface area (Å²) >= 11 is 2.97. The molecule has 0 aromatic carbocycles. The van der Waals surface area contributed by atoms with Gasteiger partial charge in [-0.2, -0.15) is 0 Å². The smallest absolute Gasteiger partial charge is 0.313 e. The van der Waals surface area contributed by atoms with Gasteiger partial charge in [0.2, 0.25) is 0 Å². The minimum absolute atomic E-state index is 0.0396. The first kappa shape index (κ1) is 13.2. The molecule has 0 spiro atoms. The molecule has 18 heavy (non-hydrogen) atoms. The number of rotatable bonds is 6. The highest BCUT2D eigenvalue weighted by Crippen LogP contribution is 2.30. The van der Waals surface area contributed by atoms with E-state index in [1.165, 1.54) is 16.6 Å². The Kier molecular flexibility index (Phi) is 4.43. The van der Waals surface area contributed by atoms with Crippen LogP contribution in [0.4, 0.5) is 0 Å². The average molecular weight is 282 g/mol. The van der Waals surface area contributed by atoms with Crippen LogP contribution in [-0.2, 0) is 4.79 Å². The number of carbonyl (C=O) groups is 1. The Balaban J connectivity index is 2.21. The molecule has 2 aromatic heterocycles. The van der Waals surface area contributed by atoms with Gasteiger partial charge in [0.1, 0.15) is 0 Å². The molecule has 0 aliphatic heterocycles. The van der Waals surface area contributed by atoms with Crippen LogP contribution in [-0.4, -0.2) is 26.4 Å². The summed E-state index contributed by atoms with van der Waals surface area (Å²) in [6.45, 7) is 2.12. The maximum atomic E-state index is 10.6. The second kappa shape index (κ2) is 6.06. The molecule has 1 N–H and O–H groups in total. The van der Waals surface area contributed by atoms with E-state index in [2.05, 4.69) is 27.9 Å². The van der Waals surface area contributed by atoms with Crippen molar-refractivity contribution in [1.29, 1.82) is 0 Å². The van der Waals surface area contributed by atoms with Crippen LogP contribution in [0.1, 0.15) is 24.3 Å². The maximum absolute atomic E-state index is 10.6. The fraction of sp³-hybridized carbons (Fsp3) is 0.333. The minimum Gasteiger partial charge on any atom is -0.481 e. The number of aromatic nitrogens is 2. The van der Waals surface area contributed by atoms with Gasteiger partial charge in [-0.05, 0) is 17.9 Å². The summed E-state index contributed by atoms with van der Waals surface area (Å²) in [7, 11) is 0. The lowest BCUT2D eigenvalue weighted by atomic mass is 10.2. The second-order valence-corrected chi connectivity index (χ2v) is 5.66. The molecule has 0 bridgehead atoms. The van der Waals surface area contributed by atoms with E-state index in [1.807, 2.05) is 12.3 Å². The predicted octanol–water partition coefficient (Wildman–Crippen LogP) is 3.12. The SMILES string of the molecule is CCC(c1cccs1)n1ccnc1SCC(=O)O. The van der Waals surface area contributed by atoms with Crippen LogP contribution >= 0.6 is 23.1 Å². The van der Waals surface area contributed by atoms with E-state index >= 15 is 0 Å². The first-order chi connectivity index (χ1) is 8.72. The summed E-state index contributed by atoms with van der Waals surface area (Å²) in [5.41, 5.74) is 0. The van der Waals surface area contributed by atoms with Gasteiger partial charge in [-0.15, -0.1) is 11.3 Å². The fourth-order valence-electron chi connectivity index (χ4n) is 1.79. The summed E-state index contributed by atoms with van der Waals surface area (Å²) in [6, 6.07) is 4.37. The first-order valence-corrected chi connectivity index (χ1v) is 7.49. The Morgan fingerprint density at radius 2 is 2.50 bits per heavy atom. The molecular weight excluding hydrogens is 268 g/mol. The molecule has 1 atom stereocenters. The Hall–Kier alpha value is -1.27. The van der Waals surface area contributed by atoms with Crippen molar-refractivity contribution in [2.75, 3.05) is 5.75 Å². The molecule has 4 nitrogen and oxygen atoms in total. The van der Waals surface area contributed by atoms with Crippen molar-refractivity contribution in [3.8, 4) is 0 Å². The molecule has 2 rings (SSSR count). The number of carboxylic acids is 1. The Bertz CT molecular complexity index is 508. The highest BCUT2D eigenvalue weighted by molar-refractivity contribution is 7.99. The second-order valence-electron chi connectivity index (χ2n) is 3.74. The predicted molar refractivity (Wildman–Crippen MR) is 73.3 cm³/mol. The van der Waals surface area contributed by atoms with E-state index in [9.17, 15) is 4.79 Å². The molecule has 0 radical (unpaired) electrons. The van der Waals surface area contributed by atoms with Crippen LogP contribution in [0.25, 0.3) is 0 Å². The van der Waals surface area contributed by atoms with Gasteiger partial charge in [0.15, 0.2) is 5.16 Å². The van der Waals surface area contributed by atoms with Crippen molar-refractivity contribution in [2.45, 2.75) is 24.5 Å². The number of hydrogen-bond donors (Lipinski definition) is 1. The van der Waals surface area contributed by atoms with E-state index in [0.717, 1.165) is 11.6 Å². The van der Waals surface area contributed by atoms with Gasteiger partial charge in [0.25, 0.3) is 0 Å². The summed E-state index contributed by atoms with van der Waals surface area (Å²) in [6.07, 6.45) is 4.59. The van der Waals surface area contributed by atoms with Gasteiger partial charge in [0.05, 0.1) is 11.8 Å². The van der Waals surface area contributed by atoms with E-state index in [-0.39, 0.29) is 11.8 Å². The van der Waals surface area contributed by atoms with Crippen molar-refractivity contribution in [2.24, 2.45) is 0 Å². The van der Waals surface area contributed by atoms with E-state index < -0.39 is 5.97 Å². The third-order valence-corrected chi connectivity index (χ3v) is 4.49. The molecule has 0 saturated carbocycles. The van der Waals surface area contributed by atoms with Crippen molar-refractivity contribution in [1.82, 2.24) is 9.55 Å². The third kappa shape index (κ3) is 2.94. The molecule has 6 heteroatoms. The van der Waals surface area contributed by atoms with Crippen molar-refractivity contribution >= 4 is 29.1 Å². The zero-order chi connectivity index (χ0) is 13.0. The first-order valence-electron chi connectivity index (χ1n) is 5.63. The van der Waals surface area contributed by atoms with E-state index in [1.54, 1.807) is 17.5 Å². The fourth-order valence-corrected chi connectivity index (χ4v) is 3.42. The van der Waals surface area contributed by atoms with Crippen LogP contribution < -0.4 is 0 Å². The molecule has 2 aromatic rings. The zero-order valence-corrected chi connectivity index (χ0v) is 11.6. The molecular formula is C12H14N2O2S2. The molecule has 0 aliphatic rings. The number of thioether (sulfide) groups is 1. The number of hydrogen-bond acceptors (Lipinski definition) is 4. The number of thiophene rings is 1. The van der Waals surface area contributed by atoms with Crippen LogP contribution in [0.15, 0.2) is 35.1 Å². The molecule has 0 aliphatic carbocycles. The Morgan fingerprint density at radius 3 is 3.11 bits per heavy atom. The highest BCUT2D eigenvalue weighted by atomic mass is 32.2. The lowest BCUT2D eigenvalue weighted by Gasteiger charge is -2.17. The third-order valence-electron chi connectivity index (χ3n) is 2.55.